The SMILES string of the molecule is c1ccc(-c2ccc(C[PH](c3ccccc3)(c3ccccc3)c3ccccc3)cc2)cc1. The van der Waals surface area contributed by atoms with Crippen LogP contribution in [0.5, 0.6) is 0 Å². The summed E-state index contributed by atoms with van der Waals surface area (Å²) in [6.07, 6.45) is 1.03. The normalized spacial score (nSPS) is 11.8. The Morgan fingerprint density at radius 1 is 0.344 bits per heavy atom. The van der Waals surface area contributed by atoms with Crippen LogP contribution in [0.3, 0.4) is 0 Å². The molecule has 0 aliphatic carbocycles. The van der Waals surface area contributed by atoms with Crippen LogP contribution in [0.1, 0.15) is 5.56 Å². The van der Waals surface area contributed by atoms with Crippen molar-refractivity contribution in [2.45, 2.75) is 6.16 Å². The van der Waals surface area contributed by atoms with Crippen molar-refractivity contribution in [3.63, 3.8) is 0 Å². The van der Waals surface area contributed by atoms with Crippen LogP contribution in [0.15, 0.2) is 146 Å². The van der Waals surface area contributed by atoms with Crippen molar-refractivity contribution in [3.05, 3.63) is 151 Å². The molecule has 1 heteroatoms. The van der Waals surface area contributed by atoms with Crippen LogP contribution in [0.4, 0.5) is 0 Å². The molecular formula is C31H27P. The molecule has 5 aromatic carbocycles. The number of hydrogen-bond donors (Lipinski definition) is 0. The second kappa shape index (κ2) is 9.35. The van der Waals surface area contributed by atoms with Gasteiger partial charge in [0.05, 0.1) is 0 Å². The average Bonchev–Trinajstić information content (AvgIpc) is 2.90. The molecule has 0 saturated heterocycles. The fourth-order valence-electron chi connectivity index (χ4n) is 4.73. The summed E-state index contributed by atoms with van der Waals surface area (Å²) in [6.45, 7) is 0. The van der Waals surface area contributed by atoms with Gasteiger partial charge < -0.3 is 0 Å². The first kappa shape index (κ1) is 20.4. The summed E-state index contributed by atoms with van der Waals surface area (Å²) in [5.41, 5.74) is 3.91. The molecule has 156 valence electrons. The van der Waals surface area contributed by atoms with Gasteiger partial charge in [-0.3, -0.25) is 0 Å². The van der Waals surface area contributed by atoms with E-state index in [-0.39, 0.29) is 0 Å². The Morgan fingerprint density at radius 3 is 1.09 bits per heavy atom. The molecule has 0 fully saturated rings. The Labute approximate surface area is 191 Å². The fourth-order valence-corrected chi connectivity index (χ4v) is 9.47. The van der Waals surface area contributed by atoms with Crippen molar-refractivity contribution in [2.75, 3.05) is 0 Å². The Hall–Kier alpha value is -3.47. The predicted molar refractivity (Wildman–Crippen MR) is 142 cm³/mol. The van der Waals surface area contributed by atoms with Crippen LogP contribution in [-0.4, -0.2) is 0 Å². The number of hydrogen-bond acceptors (Lipinski definition) is 0. The number of rotatable bonds is 6. The van der Waals surface area contributed by atoms with Gasteiger partial charge in [-0.15, -0.1) is 0 Å². The fraction of sp³-hybridized carbons (Fsp3) is 0.0323. The Kier molecular flexibility index (Phi) is 5.97. The quantitative estimate of drug-likeness (QED) is 0.267. The first-order valence-corrected chi connectivity index (χ1v) is 13.4. The monoisotopic (exact) mass is 430 g/mol. The van der Waals surface area contributed by atoms with E-state index in [0.717, 1.165) is 6.16 Å². The van der Waals surface area contributed by atoms with Gasteiger partial charge in [-0.25, -0.2) is 0 Å². The van der Waals surface area contributed by atoms with Gasteiger partial charge in [0.2, 0.25) is 0 Å². The first-order chi connectivity index (χ1) is 15.9. The molecule has 32 heavy (non-hydrogen) atoms. The third-order valence-corrected chi connectivity index (χ3v) is 11.2. The van der Waals surface area contributed by atoms with Crippen molar-refractivity contribution in [3.8, 4) is 11.1 Å². The van der Waals surface area contributed by atoms with Gasteiger partial charge in [-0.05, 0) is 0 Å². The predicted octanol–water partition coefficient (Wildman–Crippen LogP) is 6.58. The molecule has 0 N–H and O–H groups in total. The van der Waals surface area contributed by atoms with Crippen LogP contribution >= 0.6 is 7.26 Å². The zero-order valence-electron chi connectivity index (χ0n) is 18.1. The number of benzene rings is 5. The van der Waals surface area contributed by atoms with E-state index in [1.807, 2.05) is 0 Å². The second-order valence-electron chi connectivity index (χ2n) is 8.24. The summed E-state index contributed by atoms with van der Waals surface area (Å²) in [5, 5.41) is 4.35. The zero-order chi connectivity index (χ0) is 21.6. The summed E-state index contributed by atoms with van der Waals surface area (Å²) in [7, 11) is -2.26. The summed E-state index contributed by atoms with van der Waals surface area (Å²) in [5.74, 6) is 0. The molecule has 5 rings (SSSR count). The van der Waals surface area contributed by atoms with Crippen LogP contribution in [0.25, 0.3) is 11.1 Å². The molecule has 0 unspecified atom stereocenters. The van der Waals surface area contributed by atoms with E-state index in [4.69, 9.17) is 0 Å². The van der Waals surface area contributed by atoms with E-state index in [9.17, 15) is 0 Å². The van der Waals surface area contributed by atoms with Crippen molar-refractivity contribution < 1.29 is 0 Å². The van der Waals surface area contributed by atoms with E-state index in [1.54, 1.807) is 0 Å². The van der Waals surface area contributed by atoms with E-state index >= 15 is 0 Å². The topological polar surface area (TPSA) is 0 Å². The molecule has 0 bridgehead atoms. The van der Waals surface area contributed by atoms with Gasteiger partial charge in [0, 0.05) is 0 Å². The van der Waals surface area contributed by atoms with E-state index < -0.39 is 7.26 Å². The van der Waals surface area contributed by atoms with Gasteiger partial charge in [0.15, 0.2) is 0 Å². The van der Waals surface area contributed by atoms with E-state index in [1.165, 1.54) is 32.6 Å². The van der Waals surface area contributed by atoms with Crippen LogP contribution in [0, 0.1) is 0 Å². The van der Waals surface area contributed by atoms with Gasteiger partial charge in [0.1, 0.15) is 0 Å². The molecule has 0 aliphatic heterocycles. The van der Waals surface area contributed by atoms with E-state index in [2.05, 4.69) is 146 Å². The molecule has 0 atom stereocenters. The van der Waals surface area contributed by atoms with E-state index in [0.29, 0.717) is 0 Å². The van der Waals surface area contributed by atoms with Crippen LogP contribution in [-0.2, 0) is 6.16 Å². The molecule has 0 radical (unpaired) electrons. The molecule has 0 spiro atoms. The van der Waals surface area contributed by atoms with Crippen LogP contribution < -0.4 is 15.9 Å². The van der Waals surface area contributed by atoms with Crippen molar-refractivity contribution in [2.24, 2.45) is 0 Å². The molecule has 0 aliphatic rings. The Balaban J connectivity index is 1.65. The van der Waals surface area contributed by atoms with Gasteiger partial charge in [0.25, 0.3) is 0 Å². The maximum atomic E-state index is 2.32. The van der Waals surface area contributed by atoms with Crippen molar-refractivity contribution in [1.82, 2.24) is 0 Å². The Morgan fingerprint density at radius 2 is 0.688 bits per heavy atom. The molecule has 5 aromatic rings. The molecule has 0 aromatic heterocycles. The summed E-state index contributed by atoms with van der Waals surface area (Å²) >= 11 is 0. The first-order valence-electron chi connectivity index (χ1n) is 11.2. The molecule has 0 heterocycles. The van der Waals surface area contributed by atoms with Gasteiger partial charge in [-0.2, -0.15) is 0 Å². The molecule has 0 nitrogen and oxygen atoms in total. The third-order valence-electron chi connectivity index (χ3n) is 6.33. The summed E-state index contributed by atoms with van der Waals surface area (Å²) in [6, 6.07) is 53.2. The second-order valence-corrected chi connectivity index (χ2v) is 12.1. The van der Waals surface area contributed by atoms with Crippen molar-refractivity contribution in [1.29, 1.82) is 0 Å². The van der Waals surface area contributed by atoms with Gasteiger partial charge in [-0.1, -0.05) is 0 Å². The average molecular weight is 431 g/mol. The summed E-state index contributed by atoms with van der Waals surface area (Å²) in [4.78, 5) is 0. The minimum absolute atomic E-state index is 1.03. The Bertz CT molecular complexity index is 1150. The molecule has 0 amide bonds. The summed E-state index contributed by atoms with van der Waals surface area (Å²) < 4.78 is 0. The van der Waals surface area contributed by atoms with Crippen molar-refractivity contribution >= 4 is 23.2 Å². The van der Waals surface area contributed by atoms with Crippen LogP contribution in [0.2, 0.25) is 0 Å². The molecule has 0 saturated carbocycles. The third kappa shape index (κ3) is 4.03. The minimum atomic E-state index is -2.26. The van der Waals surface area contributed by atoms with Gasteiger partial charge >= 0.3 is 192 Å². The maximum absolute atomic E-state index is 2.32. The molecular weight excluding hydrogens is 403 g/mol. The zero-order valence-corrected chi connectivity index (χ0v) is 19.1. The standard InChI is InChI=1S/C31H27P/c1-5-13-27(14-6-1)28-23-21-26(22-24-28)25-32(29-15-7-2-8-16-29,30-17-9-3-10-18-30)31-19-11-4-12-20-31/h1-24,32H,25H2.